The molecule has 0 atom stereocenters. The first-order valence-corrected chi connectivity index (χ1v) is 6.11. The summed E-state index contributed by atoms with van der Waals surface area (Å²) in [6.45, 7) is 1.79. The van der Waals surface area contributed by atoms with Crippen LogP contribution in [-0.4, -0.2) is 36.1 Å². The summed E-state index contributed by atoms with van der Waals surface area (Å²) in [5.41, 5.74) is 0.218. The Morgan fingerprint density at radius 1 is 1.44 bits per heavy atom. The van der Waals surface area contributed by atoms with Crippen molar-refractivity contribution < 1.29 is 9.53 Å². The van der Waals surface area contributed by atoms with Gasteiger partial charge < -0.3 is 9.64 Å². The second-order valence-corrected chi connectivity index (χ2v) is 4.36. The second-order valence-electron chi connectivity index (χ2n) is 4.36. The largest absolute Gasteiger partial charge is 0.469 e. The van der Waals surface area contributed by atoms with Crippen molar-refractivity contribution in [1.82, 2.24) is 9.97 Å². The third-order valence-corrected chi connectivity index (χ3v) is 2.99. The third kappa shape index (κ3) is 3.09. The van der Waals surface area contributed by atoms with E-state index in [0.29, 0.717) is 11.6 Å². The molecule has 6 heteroatoms. The van der Waals surface area contributed by atoms with E-state index in [1.165, 1.54) is 19.6 Å². The van der Waals surface area contributed by atoms with Crippen LogP contribution in [0, 0.1) is 0 Å². The molecule has 18 heavy (non-hydrogen) atoms. The smallest absolute Gasteiger partial charge is 0.311 e. The highest BCUT2D eigenvalue weighted by atomic mass is 16.5. The van der Waals surface area contributed by atoms with E-state index in [9.17, 15) is 9.59 Å². The van der Waals surface area contributed by atoms with E-state index < -0.39 is 5.97 Å². The first kappa shape index (κ1) is 12.6. The Labute approximate surface area is 105 Å². The van der Waals surface area contributed by atoms with Crippen LogP contribution >= 0.6 is 0 Å². The predicted molar refractivity (Wildman–Crippen MR) is 66.6 cm³/mol. The van der Waals surface area contributed by atoms with Crippen molar-refractivity contribution in [2.75, 3.05) is 25.1 Å². The van der Waals surface area contributed by atoms with Crippen LogP contribution in [0.5, 0.6) is 0 Å². The van der Waals surface area contributed by atoms with Gasteiger partial charge in [-0.25, -0.2) is 4.98 Å². The number of carbonyl (C=O) groups excluding carboxylic acids is 1. The summed E-state index contributed by atoms with van der Waals surface area (Å²) in [6, 6.07) is 1.34. The number of hydrogen-bond acceptors (Lipinski definition) is 5. The quantitative estimate of drug-likeness (QED) is 0.791. The van der Waals surface area contributed by atoms with Crippen LogP contribution in [0.3, 0.4) is 0 Å². The van der Waals surface area contributed by atoms with Crippen molar-refractivity contribution in [3.05, 3.63) is 22.1 Å². The molecule has 0 spiro atoms. The summed E-state index contributed by atoms with van der Waals surface area (Å²) in [5, 5.41) is 0. The zero-order chi connectivity index (χ0) is 13.0. The highest BCUT2D eigenvalue weighted by Crippen LogP contribution is 2.14. The molecule has 0 aromatic carbocycles. The van der Waals surface area contributed by atoms with Crippen molar-refractivity contribution in [1.29, 1.82) is 0 Å². The number of nitrogens with zero attached hydrogens (tertiary/aromatic N) is 2. The zero-order valence-electron chi connectivity index (χ0n) is 10.4. The van der Waals surface area contributed by atoms with Crippen LogP contribution < -0.4 is 10.5 Å². The molecule has 1 aliphatic rings. The van der Waals surface area contributed by atoms with Gasteiger partial charge in [-0.15, -0.1) is 0 Å². The zero-order valence-corrected chi connectivity index (χ0v) is 10.4. The summed E-state index contributed by atoms with van der Waals surface area (Å²) in [5.74, 6) is 0.166. The Morgan fingerprint density at radius 2 is 2.17 bits per heavy atom. The topological polar surface area (TPSA) is 75.3 Å². The molecule has 0 bridgehead atoms. The number of H-pyrrole nitrogens is 1. The van der Waals surface area contributed by atoms with Gasteiger partial charge in [0.1, 0.15) is 0 Å². The van der Waals surface area contributed by atoms with Gasteiger partial charge in [0.25, 0.3) is 5.56 Å². The fourth-order valence-electron chi connectivity index (χ4n) is 2.06. The lowest BCUT2D eigenvalue weighted by Gasteiger charge is -2.27. The molecule has 0 amide bonds. The number of esters is 1. The van der Waals surface area contributed by atoms with Gasteiger partial charge in [0.15, 0.2) is 0 Å². The Kier molecular flexibility index (Phi) is 3.96. The van der Waals surface area contributed by atoms with Crippen LogP contribution in [0.1, 0.15) is 25.0 Å². The van der Waals surface area contributed by atoms with Crippen molar-refractivity contribution in [3.63, 3.8) is 0 Å². The number of hydrogen-bond donors (Lipinski definition) is 1. The Balaban J connectivity index is 2.20. The van der Waals surface area contributed by atoms with E-state index in [1.54, 1.807) is 0 Å². The highest BCUT2D eigenvalue weighted by molar-refractivity contribution is 5.71. The summed E-state index contributed by atoms with van der Waals surface area (Å²) in [4.78, 5) is 31.8. The average Bonchev–Trinajstić information content (AvgIpc) is 2.39. The maximum absolute atomic E-state index is 11.5. The maximum atomic E-state index is 11.5. The number of ether oxygens (including phenoxy) is 1. The minimum Gasteiger partial charge on any atom is -0.469 e. The molecule has 0 radical (unpaired) electrons. The molecule has 0 aliphatic carbocycles. The normalized spacial score (nSPS) is 15.5. The van der Waals surface area contributed by atoms with Gasteiger partial charge in [-0.05, 0) is 19.3 Å². The van der Waals surface area contributed by atoms with Crippen molar-refractivity contribution in [2.24, 2.45) is 0 Å². The van der Waals surface area contributed by atoms with Gasteiger partial charge in [-0.3, -0.25) is 14.6 Å². The van der Waals surface area contributed by atoms with Crippen molar-refractivity contribution in [3.8, 4) is 0 Å². The van der Waals surface area contributed by atoms with Gasteiger partial charge in [0.05, 0.1) is 19.2 Å². The lowest BCUT2D eigenvalue weighted by atomic mass is 10.1. The molecule has 0 saturated carbocycles. The number of carbonyl (C=O) groups is 1. The van der Waals surface area contributed by atoms with Crippen LogP contribution in [0.2, 0.25) is 0 Å². The number of anilines is 1. The number of methoxy groups -OCH3 is 1. The van der Waals surface area contributed by atoms with Crippen molar-refractivity contribution in [2.45, 2.75) is 25.7 Å². The van der Waals surface area contributed by atoms with E-state index in [2.05, 4.69) is 14.7 Å². The molecule has 2 heterocycles. The summed E-state index contributed by atoms with van der Waals surface area (Å²) < 4.78 is 4.57. The molecule has 1 aliphatic heterocycles. The number of aromatic nitrogens is 2. The number of nitrogens with one attached hydrogen (secondary N) is 1. The lowest BCUT2D eigenvalue weighted by Crippen LogP contribution is -2.32. The van der Waals surface area contributed by atoms with Crippen LogP contribution in [-0.2, 0) is 16.0 Å². The van der Waals surface area contributed by atoms with E-state index in [4.69, 9.17) is 0 Å². The minimum absolute atomic E-state index is 0.0290. The fraction of sp³-hybridized carbons (Fsp3) is 0.583. The fourth-order valence-corrected chi connectivity index (χ4v) is 2.06. The average molecular weight is 251 g/mol. The second kappa shape index (κ2) is 5.66. The molecule has 1 N–H and O–H groups in total. The van der Waals surface area contributed by atoms with E-state index in [1.807, 2.05) is 4.90 Å². The molecule has 1 aromatic rings. The molecular weight excluding hydrogens is 234 g/mol. The monoisotopic (exact) mass is 251 g/mol. The van der Waals surface area contributed by atoms with Gasteiger partial charge in [0, 0.05) is 19.2 Å². The van der Waals surface area contributed by atoms with E-state index >= 15 is 0 Å². The number of aromatic amines is 1. The highest BCUT2D eigenvalue weighted by Gasteiger charge is 2.14. The van der Waals surface area contributed by atoms with Crippen molar-refractivity contribution >= 4 is 11.9 Å². The SMILES string of the molecule is COC(=O)Cc1cc(=O)[nH]c(N2CCCCC2)n1. The van der Waals surface area contributed by atoms with Gasteiger partial charge in [-0.2, -0.15) is 0 Å². The predicted octanol–water partition coefficient (Wildman–Crippen LogP) is 0.476. The molecule has 1 aromatic heterocycles. The minimum atomic E-state index is -0.391. The first-order chi connectivity index (χ1) is 8.69. The number of piperidine rings is 1. The van der Waals surface area contributed by atoms with Gasteiger partial charge >= 0.3 is 5.97 Å². The van der Waals surface area contributed by atoms with Gasteiger partial charge in [0.2, 0.25) is 5.95 Å². The maximum Gasteiger partial charge on any atom is 0.311 e. The summed E-state index contributed by atoms with van der Waals surface area (Å²) in [6.07, 6.45) is 3.44. The Bertz CT molecular complexity index is 478. The van der Waals surface area contributed by atoms with Crippen LogP contribution in [0.15, 0.2) is 10.9 Å². The number of rotatable bonds is 3. The first-order valence-electron chi connectivity index (χ1n) is 6.11. The lowest BCUT2D eigenvalue weighted by molar-refractivity contribution is -0.139. The molecule has 1 saturated heterocycles. The third-order valence-electron chi connectivity index (χ3n) is 2.99. The molecule has 6 nitrogen and oxygen atoms in total. The van der Waals surface area contributed by atoms with Crippen LogP contribution in [0.25, 0.3) is 0 Å². The molecular formula is C12H17N3O3. The summed E-state index contributed by atoms with van der Waals surface area (Å²) >= 11 is 0. The summed E-state index contributed by atoms with van der Waals surface area (Å²) in [7, 11) is 1.32. The Morgan fingerprint density at radius 3 is 2.83 bits per heavy atom. The molecule has 2 rings (SSSR count). The van der Waals surface area contributed by atoms with Gasteiger partial charge in [-0.1, -0.05) is 0 Å². The molecule has 0 unspecified atom stereocenters. The standard InChI is InChI=1S/C12H17N3O3/c1-18-11(17)8-9-7-10(16)14-12(13-9)15-5-3-2-4-6-15/h7H,2-6,8H2,1H3,(H,13,14,16). The Hall–Kier alpha value is -1.85. The molecule has 98 valence electrons. The van der Waals surface area contributed by atoms with Crippen LogP contribution in [0.4, 0.5) is 5.95 Å². The van der Waals surface area contributed by atoms with E-state index in [-0.39, 0.29) is 12.0 Å². The van der Waals surface area contributed by atoms with E-state index in [0.717, 1.165) is 25.9 Å². The molecule has 1 fully saturated rings.